The summed E-state index contributed by atoms with van der Waals surface area (Å²) in [7, 11) is -2.85. The summed E-state index contributed by atoms with van der Waals surface area (Å²) >= 11 is 0. The molecule has 11 nitrogen and oxygen atoms in total. The molecule has 1 saturated heterocycles. The lowest BCUT2D eigenvalue weighted by atomic mass is 10.1. The van der Waals surface area contributed by atoms with Crippen LogP contribution in [-0.2, 0) is 16.3 Å². The third-order valence-corrected chi connectivity index (χ3v) is 7.27. The van der Waals surface area contributed by atoms with E-state index in [1.807, 2.05) is 12.1 Å². The van der Waals surface area contributed by atoms with Crippen LogP contribution in [0.1, 0.15) is 18.4 Å². The normalized spacial score (nSPS) is 16.1. The van der Waals surface area contributed by atoms with Gasteiger partial charge in [-0.3, -0.25) is 0 Å². The molecule has 1 aliphatic heterocycles. The Morgan fingerprint density at radius 2 is 1.88 bits per heavy atom. The van der Waals surface area contributed by atoms with E-state index in [0.29, 0.717) is 42.7 Å². The summed E-state index contributed by atoms with van der Waals surface area (Å²) < 4.78 is 29.8. The van der Waals surface area contributed by atoms with Gasteiger partial charge in [0.15, 0.2) is 5.76 Å². The Labute approximate surface area is 190 Å². The van der Waals surface area contributed by atoms with Gasteiger partial charge in [0, 0.05) is 18.3 Å². The largest absolute Gasteiger partial charge is 0.461 e. The molecule has 0 aliphatic carbocycles. The molecule has 0 bridgehead atoms. The molecule has 0 spiro atoms. The average Bonchev–Trinajstić information content (AvgIpc) is 3.47. The van der Waals surface area contributed by atoms with Crippen molar-refractivity contribution in [1.82, 2.24) is 24.6 Å². The van der Waals surface area contributed by atoms with Crippen LogP contribution in [0.3, 0.4) is 0 Å². The van der Waals surface area contributed by atoms with Gasteiger partial charge in [0.05, 0.1) is 17.8 Å². The zero-order valence-electron chi connectivity index (χ0n) is 17.8. The average molecular weight is 469 g/mol. The van der Waals surface area contributed by atoms with Gasteiger partial charge < -0.3 is 20.8 Å². The van der Waals surface area contributed by atoms with Gasteiger partial charge >= 0.3 is 0 Å². The number of furan rings is 1. The number of nitrogens with one attached hydrogen (secondary N) is 2. The van der Waals surface area contributed by atoms with Gasteiger partial charge in [0.25, 0.3) is 5.78 Å². The highest BCUT2D eigenvalue weighted by molar-refractivity contribution is 7.91. The SMILES string of the molecule is Nc1nc(NCCc2ccc(NC3CCS(=O)(=O)CC3)cc2)nc2nc(-c3ccco3)nn12. The maximum atomic E-state index is 11.6. The maximum Gasteiger partial charge on any atom is 0.259 e. The van der Waals surface area contributed by atoms with Crippen LogP contribution in [0.5, 0.6) is 0 Å². The second-order valence-electron chi connectivity index (χ2n) is 7.97. The van der Waals surface area contributed by atoms with Crippen LogP contribution in [0.25, 0.3) is 17.4 Å². The predicted molar refractivity (Wildman–Crippen MR) is 125 cm³/mol. The molecule has 1 fully saturated rings. The molecule has 172 valence electrons. The highest BCUT2D eigenvalue weighted by atomic mass is 32.2. The second kappa shape index (κ2) is 8.70. The molecule has 0 atom stereocenters. The van der Waals surface area contributed by atoms with E-state index in [9.17, 15) is 8.42 Å². The number of hydrogen-bond acceptors (Lipinski definition) is 10. The minimum absolute atomic E-state index is 0.179. The number of anilines is 3. The van der Waals surface area contributed by atoms with Crippen molar-refractivity contribution in [2.24, 2.45) is 0 Å². The van der Waals surface area contributed by atoms with E-state index >= 15 is 0 Å². The van der Waals surface area contributed by atoms with Crippen LogP contribution in [0.4, 0.5) is 17.6 Å². The fraction of sp³-hybridized carbons (Fsp3) is 0.333. The molecule has 0 amide bonds. The molecule has 33 heavy (non-hydrogen) atoms. The van der Waals surface area contributed by atoms with Gasteiger partial charge in [0.2, 0.25) is 17.7 Å². The van der Waals surface area contributed by atoms with Crippen LogP contribution in [0.2, 0.25) is 0 Å². The van der Waals surface area contributed by atoms with Gasteiger partial charge in [-0.05, 0) is 49.1 Å². The summed E-state index contributed by atoms with van der Waals surface area (Å²) in [4.78, 5) is 13.0. The first-order valence-electron chi connectivity index (χ1n) is 10.7. The summed E-state index contributed by atoms with van der Waals surface area (Å²) in [6.07, 6.45) is 3.61. The topological polar surface area (TPSA) is 153 Å². The van der Waals surface area contributed by atoms with Gasteiger partial charge in [-0.2, -0.15) is 19.5 Å². The number of nitrogens with two attached hydrogens (primary N) is 1. The lowest BCUT2D eigenvalue weighted by Crippen LogP contribution is -2.32. The molecule has 0 unspecified atom stereocenters. The molecule has 5 rings (SSSR count). The Morgan fingerprint density at radius 1 is 1.09 bits per heavy atom. The van der Waals surface area contributed by atoms with Crippen molar-refractivity contribution in [2.45, 2.75) is 25.3 Å². The molecule has 0 radical (unpaired) electrons. The Morgan fingerprint density at radius 3 is 2.61 bits per heavy atom. The summed E-state index contributed by atoms with van der Waals surface area (Å²) in [5.41, 5.74) is 8.16. The van der Waals surface area contributed by atoms with Gasteiger partial charge in [-0.1, -0.05) is 12.1 Å². The van der Waals surface area contributed by atoms with E-state index in [4.69, 9.17) is 10.2 Å². The fourth-order valence-electron chi connectivity index (χ4n) is 3.75. The molecule has 12 heteroatoms. The van der Waals surface area contributed by atoms with Crippen molar-refractivity contribution in [2.75, 3.05) is 34.4 Å². The Balaban J connectivity index is 1.17. The summed E-state index contributed by atoms with van der Waals surface area (Å²) in [6.45, 7) is 0.613. The van der Waals surface area contributed by atoms with Crippen LogP contribution < -0.4 is 16.4 Å². The van der Waals surface area contributed by atoms with E-state index < -0.39 is 9.84 Å². The minimum atomic E-state index is -2.85. The van der Waals surface area contributed by atoms with Crippen molar-refractivity contribution in [3.63, 3.8) is 0 Å². The lowest BCUT2D eigenvalue weighted by molar-refractivity contribution is 0.559. The fourth-order valence-corrected chi connectivity index (χ4v) is 5.24. The number of nitrogens with zero attached hydrogens (tertiary/aromatic N) is 5. The van der Waals surface area contributed by atoms with Gasteiger partial charge in [-0.25, -0.2) is 8.42 Å². The molecule has 4 N–H and O–H groups in total. The van der Waals surface area contributed by atoms with Crippen LogP contribution in [-0.4, -0.2) is 57.1 Å². The first kappa shape index (κ1) is 21.2. The summed E-state index contributed by atoms with van der Waals surface area (Å²) in [5, 5.41) is 10.9. The molecule has 0 saturated carbocycles. The number of fused-ring (bicyclic) bond motifs is 1. The number of aromatic nitrogens is 5. The van der Waals surface area contributed by atoms with Gasteiger partial charge in [-0.15, -0.1) is 5.10 Å². The second-order valence-corrected chi connectivity index (χ2v) is 10.3. The van der Waals surface area contributed by atoms with Crippen LogP contribution in [0.15, 0.2) is 47.1 Å². The standard InChI is InChI=1S/C21H24N8O3S/c22-19-26-20(27-21-25-18(28-29(19)21)17-2-1-11-32-17)23-10-7-14-3-5-15(6-4-14)24-16-8-12-33(30,31)13-9-16/h1-6,11,16,24H,7-10,12-13H2,(H3,22,23,25,26,27,28). The van der Waals surface area contributed by atoms with Crippen molar-refractivity contribution in [3.05, 3.63) is 48.2 Å². The maximum absolute atomic E-state index is 11.6. The van der Waals surface area contributed by atoms with E-state index in [-0.39, 0.29) is 23.5 Å². The molecule has 1 aromatic carbocycles. The third-order valence-electron chi connectivity index (χ3n) is 5.55. The number of sulfone groups is 1. The monoisotopic (exact) mass is 468 g/mol. The van der Waals surface area contributed by atoms with E-state index in [1.54, 1.807) is 18.4 Å². The number of rotatable bonds is 7. The molecule has 3 aromatic heterocycles. The molecular formula is C21H24N8O3S. The van der Waals surface area contributed by atoms with Crippen molar-refractivity contribution < 1.29 is 12.8 Å². The van der Waals surface area contributed by atoms with Crippen LogP contribution in [0, 0.1) is 0 Å². The highest BCUT2D eigenvalue weighted by Crippen LogP contribution is 2.19. The predicted octanol–water partition coefficient (Wildman–Crippen LogP) is 2.01. The lowest BCUT2D eigenvalue weighted by Gasteiger charge is -2.24. The van der Waals surface area contributed by atoms with Crippen molar-refractivity contribution in [1.29, 1.82) is 0 Å². The zero-order valence-corrected chi connectivity index (χ0v) is 18.6. The number of benzene rings is 1. The van der Waals surface area contributed by atoms with Crippen LogP contribution >= 0.6 is 0 Å². The zero-order chi connectivity index (χ0) is 22.8. The summed E-state index contributed by atoms with van der Waals surface area (Å²) in [6, 6.07) is 11.9. The summed E-state index contributed by atoms with van der Waals surface area (Å²) in [5.74, 6) is 2.32. The number of nitrogen functional groups attached to an aromatic ring is 1. The molecular weight excluding hydrogens is 444 g/mol. The first-order chi connectivity index (χ1) is 15.9. The Hall–Kier alpha value is -3.67. The molecule has 4 heterocycles. The highest BCUT2D eigenvalue weighted by Gasteiger charge is 2.23. The smallest absolute Gasteiger partial charge is 0.259 e. The number of hydrogen-bond donors (Lipinski definition) is 3. The molecule has 4 aromatic rings. The van der Waals surface area contributed by atoms with Gasteiger partial charge in [0.1, 0.15) is 9.84 Å². The van der Waals surface area contributed by atoms with E-state index in [0.717, 1.165) is 17.7 Å². The molecule has 1 aliphatic rings. The quantitative estimate of drug-likeness (QED) is 0.367. The van der Waals surface area contributed by atoms with E-state index in [2.05, 4.69) is 42.8 Å². The Kier molecular flexibility index (Phi) is 5.58. The first-order valence-corrected chi connectivity index (χ1v) is 12.5. The van der Waals surface area contributed by atoms with E-state index in [1.165, 1.54) is 4.52 Å². The van der Waals surface area contributed by atoms with Crippen molar-refractivity contribution in [3.8, 4) is 11.6 Å². The minimum Gasteiger partial charge on any atom is -0.461 e. The third kappa shape index (κ3) is 4.90. The van der Waals surface area contributed by atoms with Crippen molar-refractivity contribution >= 4 is 33.2 Å². The Bertz CT molecular complexity index is 1340.